The molecule has 2 aliphatic heterocycles. The van der Waals surface area contributed by atoms with Crippen molar-refractivity contribution in [3.8, 4) is 11.6 Å². The molecule has 0 saturated carbocycles. The molecule has 3 atom stereocenters. The van der Waals surface area contributed by atoms with Crippen LogP contribution < -0.4 is 15.4 Å². The van der Waals surface area contributed by atoms with E-state index in [-0.39, 0.29) is 27.7 Å². The van der Waals surface area contributed by atoms with Crippen molar-refractivity contribution in [2.45, 2.75) is 31.9 Å². The van der Waals surface area contributed by atoms with Gasteiger partial charge < -0.3 is 20.1 Å². The summed E-state index contributed by atoms with van der Waals surface area (Å²) in [7, 11) is 0.359. The number of halogens is 2. The normalized spacial score (nSPS) is 23.1. The summed E-state index contributed by atoms with van der Waals surface area (Å²) in [4.78, 5) is 15.7. The standard InChI is InChI=1S/C20H24Cl2N7O2P/c1-11-16(23)20(10-30-11)4-7-28(8-5-20)13-9-25-15-18(26-13)29(32-2)27-19(15)31-12-3-6-24-17(22)14(12)21/h3,6,9,11,16,32H,4-5,7-8,10,23H2,1-2H3/t11-,16+/m0/s1. The second kappa shape index (κ2) is 8.54. The summed E-state index contributed by atoms with van der Waals surface area (Å²) < 4.78 is 13.6. The summed E-state index contributed by atoms with van der Waals surface area (Å²) in [5, 5.41) is 4.94. The Bertz CT molecular complexity index is 1150. The molecule has 0 aliphatic carbocycles. The number of nitrogens with zero attached hydrogens (tertiary/aromatic N) is 6. The topological polar surface area (TPSA) is 104 Å². The first-order chi connectivity index (χ1) is 15.4. The van der Waals surface area contributed by atoms with E-state index >= 15 is 0 Å². The Hall–Kier alpha value is -1.77. The van der Waals surface area contributed by atoms with Crippen LogP contribution in [0.4, 0.5) is 5.82 Å². The van der Waals surface area contributed by atoms with Crippen molar-refractivity contribution in [2.24, 2.45) is 11.1 Å². The smallest absolute Gasteiger partial charge is 0.267 e. The van der Waals surface area contributed by atoms with E-state index in [4.69, 9.17) is 43.4 Å². The van der Waals surface area contributed by atoms with Crippen LogP contribution in [0.2, 0.25) is 10.2 Å². The number of pyridine rings is 1. The number of rotatable bonds is 4. The van der Waals surface area contributed by atoms with E-state index in [2.05, 4.69) is 26.9 Å². The van der Waals surface area contributed by atoms with Gasteiger partial charge in [0.05, 0.1) is 18.9 Å². The third-order valence-corrected chi connectivity index (χ3v) is 7.98. The quantitative estimate of drug-likeness (QED) is 0.431. The lowest BCUT2D eigenvalue weighted by molar-refractivity contribution is 0.0974. The lowest BCUT2D eigenvalue weighted by Crippen LogP contribution is -2.50. The molecule has 0 bridgehead atoms. The second-order valence-corrected chi connectivity index (χ2v) is 9.86. The van der Waals surface area contributed by atoms with Crippen LogP contribution in [-0.2, 0) is 4.74 Å². The van der Waals surface area contributed by atoms with Crippen LogP contribution in [0.3, 0.4) is 0 Å². The van der Waals surface area contributed by atoms with Gasteiger partial charge in [-0.1, -0.05) is 23.2 Å². The minimum Gasteiger partial charge on any atom is -0.434 e. The van der Waals surface area contributed by atoms with Crippen LogP contribution in [0, 0.1) is 5.41 Å². The lowest BCUT2D eigenvalue weighted by Gasteiger charge is -2.41. The van der Waals surface area contributed by atoms with E-state index in [0.29, 0.717) is 31.5 Å². The van der Waals surface area contributed by atoms with Gasteiger partial charge in [-0.15, -0.1) is 5.10 Å². The van der Waals surface area contributed by atoms with Gasteiger partial charge in [0.25, 0.3) is 5.88 Å². The fourth-order valence-electron chi connectivity index (χ4n) is 4.47. The van der Waals surface area contributed by atoms with Gasteiger partial charge in [-0.3, -0.25) is 0 Å². The maximum atomic E-state index is 6.45. The molecule has 1 spiro atoms. The average molecular weight is 496 g/mol. The third kappa shape index (κ3) is 3.70. The van der Waals surface area contributed by atoms with Crippen molar-refractivity contribution in [1.82, 2.24) is 24.5 Å². The number of piperidine rings is 1. The van der Waals surface area contributed by atoms with Crippen LogP contribution in [0.15, 0.2) is 18.5 Å². The van der Waals surface area contributed by atoms with Crippen LogP contribution >= 0.6 is 31.9 Å². The Morgan fingerprint density at radius 2 is 2.06 bits per heavy atom. The van der Waals surface area contributed by atoms with Crippen molar-refractivity contribution in [1.29, 1.82) is 0 Å². The number of aromatic nitrogens is 5. The summed E-state index contributed by atoms with van der Waals surface area (Å²) in [5.74, 6) is 1.52. The number of anilines is 1. The molecular weight excluding hydrogens is 472 g/mol. The summed E-state index contributed by atoms with van der Waals surface area (Å²) >= 11 is 12.2. The van der Waals surface area contributed by atoms with Gasteiger partial charge in [-0.05, 0) is 26.4 Å². The summed E-state index contributed by atoms with van der Waals surface area (Å²) in [6.45, 7) is 6.54. The molecule has 5 rings (SSSR count). The summed E-state index contributed by atoms with van der Waals surface area (Å²) in [6, 6.07) is 1.71. The SMILES string of the molecule is CPn1nc(Oc2ccnc(Cl)c2Cl)c2ncc(N3CCC4(CC3)CO[C@@H](C)[C@H]4N)nc21. The number of fused-ring (bicyclic) bond motifs is 1. The Morgan fingerprint density at radius 3 is 2.75 bits per heavy atom. The van der Waals surface area contributed by atoms with E-state index < -0.39 is 0 Å². The van der Waals surface area contributed by atoms with E-state index in [1.165, 1.54) is 6.20 Å². The van der Waals surface area contributed by atoms with Crippen molar-refractivity contribution >= 4 is 48.9 Å². The molecule has 3 aromatic heterocycles. The van der Waals surface area contributed by atoms with Gasteiger partial charge in [0.2, 0.25) is 0 Å². The zero-order valence-corrected chi connectivity index (χ0v) is 20.3. The highest BCUT2D eigenvalue weighted by atomic mass is 35.5. The van der Waals surface area contributed by atoms with Crippen LogP contribution in [0.1, 0.15) is 19.8 Å². The first-order valence-corrected chi connectivity index (χ1v) is 12.7. The minimum absolute atomic E-state index is 0.0616. The van der Waals surface area contributed by atoms with Gasteiger partial charge in [-0.2, -0.15) is 0 Å². The lowest BCUT2D eigenvalue weighted by atomic mass is 9.73. The number of ether oxygens (including phenoxy) is 2. The van der Waals surface area contributed by atoms with Gasteiger partial charge in [0.1, 0.15) is 10.8 Å². The van der Waals surface area contributed by atoms with Crippen LogP contribution in [0.25, 0.3) is 11.2 Å². The summed E-state index contributed by atoms with van der Waals surface area (Å²) in [6.07, 6.45) is 5.36. The van der Waals surface area contributed by atoms with E-state index in [9.17, 15) is 0 Å². The van der Waals surface area contributed by atoms with Crippen molar-refractivity contribution in [3.63, 3.8) is 0 Å². The minimum atomic E-state index is 0.0616. The molecule has 9 nitrogen and oxygen atoms in total. The predicted octanol–water partition coefficient (Wildman–Crippen LogP) is 3.72. The monoisotopic (exact) mass is 495 g/mol. The first kappa shape index (κ1) is 22.0. The maximum Gasteiger partial charge on any atom is 0.267 e. The highest BCUT2D eigenvalue weighted by molar-refractivity contribution is 7.35. The highest BCUT2D eigenvalue weighted by Crippen LogP contribution is 2.42. The Kier molecular flexibility index (Phi) is 5.88. The van der Waals surface area contributed by atoms with Crippen LogP contribution in [-0.4, -0.2) is 63.0 Å². The number of hydrogen-bond acceptors (Lipinski definition) is 8. The average Bonchev–Trinajstić information content (AvgIpc) is 3.29. The zero-order valence-electron chi connectivity index (χ0n) is 17.8. The molecule has 12 heteroatoms. The van der Waals surface area contributed by atoms with Gasteiger partial charge >= 0.3 is 0 Å². The number of hydrogen-bond donors (Lipinski definition) is 1. The van der Waals surface area contributed by atoms with Gasteiger partial charge in [-0.25, -0.2) is 19.4 Å². The Balaban J connectivity index is 1.40. The Morgan fingerprint density at radius 1 is 1.28 bits per heavy atom. The molecule has 2 saturated heterocycles. The van der Waals surface area contributed by atoms with Crippen molar-refractivity contribution < 1.29 is 9.47 Å². The number of nitrogens with two attached hydrogens (primary N) is 1. The molecule has 2 aliphatic rings. The predicted molar refractivity (Wildman–Crippen MR) is 127 cm³/mol. The molecule has 1 unspecified atom stereocenters. The highest BCUT2D eigenvalue weighted by Gasteiger charge is 2.47. The molecule has 3 aromatic rings. The van der Waals surface area contributed by atoms with E-state index in [1.54, 1.807) is 16.7 Å². The van der Waals surface area contributed by atoms with Gasteiger partial charge in [0, 0.05) is 45.5 Å². The second-order valence-electron chi connectivity index (χ2n) is 8.25. The Labute approximate surface area is 197 Å². The van der Waals surface area contributed by atoms with Crippen molar-refractivity contribution in [3.05, 3.63) is 28.6 Å². The third-order valence-electron chi connectivity index (χ3n) is 6.49. The van der Waals surface area contributed by atoms with E-state index in [1.807, 2.05) is 6.66 Å². The van der Waals surface area contributed by atoms with Gasteiger partial charge in [0.15, 0.2) is 22.1 Å². The molecule has 0 amide bonds. The first-order valence-electron chi connectivity index (χ1n) is 10.5. The molecule has 2 fully saturated rings. The largest absolute Gasteiger partial charge is 0.434 e. The van der Waals surface area contributed by atoms with Crippen molar-refractivity contribution in [2.75, 3.05) is 31.3 Å². The molecule has 0 radical (unpaired) electrons. The maximum absolute atomic E-state index is 6.45. The zero-order chi connectivity index (χ0) is 22.5. The summed E-state index contributed by atoms with van der Waals surface area (Å²) in [5.41, 5.74) is 7.76. The molecule has 2 N–H and O–H groups in total. The molecule has 5 heterocycles. The van der Waals surface area contributed by atoms with Crippen LogP contribution in [0.5, 0.6) is 11.6 Å². The molecule has 170 valence electrons. The molecule has 32 heavy (non-hydrogen) atoms. The fourth-order valence-corrected chi connectivity index (χ4v) is 5.33. The molecular formula is C20H24Cl2N7O2P. The fraction of sp³-hybridized carbons (Fsp3) is 0.500. The molecule has 0 aromatic carbocycles. The van der Waals surface area contributed by atoms with E-state index in [0.717, 1.165) is 38.4 Å².